The topological polar surface area (TPSA) is 78.7 Å². The second kappa shape index (κ2) is 5.76. The lowest BCUT2D eigenvalue weighted by molar-refractivity contribution is -0.385. The molecule has 0 saturated carbocycles. The number of benzene rings is 1. The first-order chi connectivity index (χ1) is 8.45. The summed E-state index contributed by atoms with van der Waals surface area (Å²) in [5.74, 6) is -1.65. The van der Waals surface area contributed by atoms with Crippen LogP contribution in [0.1, 0.15) is 0 Å². The highest BCUT2D eigenvalue weighted by atomic mass is 19.1. The van der Waals surface area contributed by atoms with Gasteiger partial charge in [0.15, 0.2) is 5.75 Å². The minimum absolute atomic E-state index is 0.0314. The van der Waals surface area contributed by atoms with Crippen LogP contribution in [0, 0.1) is 15.9 Å². The van der Waals surface area contributed by atoms with Crippen LogP contribution in [0.3, 0.4) is 0 Å². The molecule has 0 bridgehead atoms. The number of ether oxygens (including phenoxy) is 2. The molecule has 18 heavy (non-hydrogen) atoms. The van der Waals surface area contributed by atoms with Gasteiger partial charge in [-0.2, -0.15) is 0 Å². The maximum absolute atomic E-state index is 12.9. The van der Waals surface area contributed by atoms with Gasteiger partial charge in [0, 0.05) is 12.1 Å². The van der Waals surface area contributed by atoms with Gasteiger partial charge in [-0.25, -0.2) is 9.18 Å². The highest BCUT2D eigenvalue weighted by Crippen LogP contribution is 2.27. The molecule has 7 heteroatoms. The molecule has 1 aromatic rings. The Labute approximate surface area is 102 Å². The van der Waals surface area contributed by atoms with Crippen LogP contribution < -0.4 is 4.74 Å². The molecule has 0 N–H and O–H groups in total. The maximum atomic E-state index is 12.9. The SMILES string of the molecule is C=C(COc1cc(F)ccc1[N+](=O)[O-])C(=O)OC. The fourth-order valence-corrected chi connectivity index (χ4v) is 1.12. The number of nitrogens with zero attached hydrogens (tertiary/aromatic N) is 1. The van der Waals surface area contributed by atoms with Crippen molar-refractivity contribution in [1.82, 2.24) is 0 Å². The Hall–Kier alpha value is -2.44. The number of esters is 1. The van der Waals surface area contributed by atoms with Crippen LogP contribution in [-0.4, -0.2) is 24.6 Å². The summed E-state index contributed by atoms with van der Waals surface area (Å²) in [7, 11) is 1.16. The van der Waals surface area contributed by atoms with Crippen molar-refractivity contribution >= 4 is 11.7 Å². The van der Waals surface area contributed by atoms with E-state index >= 15 is 0 Å². The quantitative estimate of drug-likeness (QED) is 0.347. The van der Waals surface area contributed by atoms with E-state index in [-0.39, 0.29) is 17.9 Å². The monoisotopic (exact) mass is 255 g/mol. The molecule has 0 heterocycles. The van der Waals surface area contributed by atoms with Crippen LogP contribution >= 0.6 is 0 Å². The Bertz CT molecular complexity index is 500. The molecule has 0 aliphatic carbocycles. The molecule has 0 radical (unpaired) electrons. The predicted octanol–water partition coefficient (Wildman–Crippen LogP) is 1.84. The Morgan fingerprint density at radius 2 is 2.22 bits per heavy atom. The standard InChI is InChI=1S/C11H10FNO5/c1-7(11(14)17-2)6-18-10-5-8(12)3-4-9(10)13(15)16/h3-5H,1,6H2,2H3. The number of hydrogen-bond donors (Lipinski definition) is 0. The van der Waals surface area contributed by atoms with Crippen molar-refractivity contribution in [3.63, 3.8) is 0 Å². The average Bonchev–Trinajstić information content (AvgIpc) is 2.34. The van der Waals surface area contributed by atoms with Gasteiger partial charge in [-0.05, 0) is 6.07 Å². The summed E-state index contributed by atoms with van der Waals surface area (Å²) >= 11 is 0. The zero-order valence-electron chi connectivity index (χ0n) is 9.51. The maximum Gasteiger partial charge on any atom is 0.336 e. The average molecular weight is 255 g/mol. The van der Waals surface area contributed by atoms with Gasteiger partial charge in [0.1, 0.15) is 12.4 Å². The Balaban J connectivity index is 2.84. The molecule has 0 aromatic heterocycles. The molecule has 0 fully saturated rings. The fraction of sp³-hybridized carbons (Fsp3) is 0.182. The first-order valence-corrected chi connectivity index (χ1v) is 4.78. The second-order valence-electron chi connectivity index (χ2n) is 3.25. The van der Waals surface area contributed by atoms with Crippen molar-refractivity contribution in [1.29, 1.82) is 0 Å². The van der Waals surface area contributed by atoms with Crippen molar-refractivity contribution < 1.29 is 23.6 Å². The van der Waals surface area contributed by atoms with Crippen LogP contribution in [0.15, 0.2) is 30.4 Å². The first kappa shape index (κ1) is 13.6. The van der Waals surface area contributed by atoms with Crippen molar-refractivity contribution in [3.8, 4) is 5.75 Å². The zero-order chi connectivity index (χ0) is 13.7. The molecule has 1 aromatic carbocycles. The number of hydrogen-bond acceptors (Lipinski definition) is 5. The summed E-state index contributed by atoms with van der Waals surface area (Å²) in [5, 5.41) is 10.7. The lowest BCUT2D eigenvalue weighted by atomic mass is 10.3. The Morgan fingerprint density at radius 1 is 1.56 bits per heavy atom. The normalized spacial score (nSPS) is 9.67. The van der Waals surface area contributed by atoms with Gasteiger partial charge in [-0.15, -0.1) is 0 Å². The number of carbonyl (C=O) groups excluding carboxylic acids is 1. The molecule has 0 unspecified atom stereocenters. The minimum atomic E-state index is -0.713. The Kier molecular flexibility index (Phi) is 4.36. The van der Waals surface area contributed by atoms with E-state index in [0.29, 0.717) is 0 Å². The van der Waals surface area contributed by atoms with Crippen LogP contribution in [0.2, 0.25) is 0 Å². The molecule has 6 nitrogen and oxygen atoms in total. The molecular weight excluding hydrogens is 245 g/mol. The summed E-state index contributed by atoms with van der Waals surface area (Å²) in [6, 6.07) is 2.79. The summed E-state index contributed by atoms with van der Waals surface area (Å²) in [4.78, 5) is 21.0. The molecule has 0 aliphatic rings. The van der Waals surface area contributed by atoms with Crippen molar-refractivity contribution in [2.24, 2.45) is 0 Å². The number of methoxy groups -OCH3 is 1. The van der Waals surface area contributed by atoms with Gasteiger partial charge in [0.2, 0.25) is 0 Å². The zero-order valence-corrected chi connectivity index (χ0v) is 9.51. The van der Waals surface area contributed by atoms with E-state index < -0.39 is 22.4 Å². The molecular formula is C11H10FNO5. The third kappa shape index (κ3) is 3.27. The highest BCUT2D eigenvalue weighted by Gasteiger charge is 2.17. The second-order valence-corrected chi connectivity index (χ2v) is 3.25. The summed E-state index contributed by atoms with van der Waals surface area (Å²) in [6.45, 7) is 3.05. The lowest BCUT2D eigenvalue weighted by Crippen LogP contribution is -2.12. The van der Waals surface area contributed by atoms with E-state index in [9.17, 15) is 19.3 Å². The van der Waals surface area contributed by atoms with Crippen LogP contribution in [-0.2, 0) is 9.53 Å². The summed E-state index contributed by atoms with van der Waals surface area (Å²) in [6.07, 6.45) is 0. The van der Waals surface area contributed by atoms with Crippen molar-refractivity contribution in [2.45, 2.75) is 0 Å². The molecule has 0 atom stereocenters. The van der Waals surface area contributed by atoms with E-state index in [2.05, 4.69) is 11.3 Å². The highest BCUT2D eigenvalue weighted by molar-refractivity contribution is 5.87. The summed E-state index contributed by atoms with van der Waals surface area (Å²) < 4.78 is 22.3. The van der Waals surface area contributed by atoms with Gasteiger partial charge >= 0.3 is 11.7 Å². The fourth-order valence-electron chi connectivity index (χ4n) is 1.12. The molecule has 0 spiro atoms. The predicted molar refractivity (Wildman–Crippen MR) is 59.7 cm³/mol. The number of nitro groups is 1. The Morgan fingerprint density at radius 3 is 2.78 bits per heavy atom. The van der Waals surface area contributed by atoms with Gasteiger partial charge < -0.3 is 9.47 Å². The first-order valence-electron chi connectivity index (χ1n) is 4.78. The summed E-state index contributed by atoms with van der Waals surface area (Å²) in [5.41, 5.74) is -0.426. The smallest absolute Gasteiger partial charge is 0.336 e. The largest absolute Gasteiger partial charge is 0.482 e. The van der Waals surface area contributed by atoms with E-state index in [1.165, 1.54) is 0 Å². The van der Waals surface area contributed by atoms with Gasteiger partial charge in [0.05, 0.1) is 17.6 Å². The number of carbonyl (C=O) groups is 1. The van der Waals surface area contributed by atoms with Crippen LogP contribution in [0.4, 0.5) is 10.1 Å². The van der Waals surface area contributed by atoms with Crippen LogP contribution in [0.25, 0.3) is 0 Å². The van der Waals surface area contributed by atoms with Crippen molar-refractivity contribution in [3.05, 3.63) is 46.3 Å². The van der Waals surface area contributed by atoms with E-state index in [4.69, 9.17) is 4.74 Å². The third-order valence-electron chi connectivity index (χ3n) is 1.99. The molecule has 0 saturated heterocycles. The third-order valence-corrected chi connectivity index (χ3v) is 1.99. The number of nitro benzene ring substituents is 1. The minimum Gasteiger partial charge on any atom is -0.482 e. The lowest BCUT2D eigenvalue weighted by Gasteiger charge is -2.07. The molecule has 96 valence electrons. The molecule has 1 rings (SSSR count). The van der Waals surface area contributed by atoms with E-state index in [1.807, 2.05) is 0 Å². The van der Waals surface area contributed by atoms with Crippen molar-refractivity contribution in [2.75, 3.05) is 13.7 Å². The van der Waals surface area contributed by atoms with Gasteiger partial charge in [-0.1, -0.05) is 6.58 Å². The van der Waals surface area contributed by atoms with E-state index in [0.717, 1.165) is 25.3 Å². The number of halogens is 1. The van der Waals surface area contributed by atoms with Crippen LogP contribution in [0.5, 0.6) is 5.75 Å². The van der Waals surface area contributed by atoms with Gasteiger partial charge in [-0.3, -0.25) is 10.1 Å². The number of rotatable bonds is 5. The van der Waals surface area contributed by atoms with E-state index in [1.54, 1.807) is 0 Å². The molecule has 0 aliphatic heterocycles. The molecule has 0 amide bonds. The van der Waals surface area contributed by atoms with Gasteiger partial charge in [0.25, 0.3) is 0 Å².